The molecule has 0 fully saturated rings. The molecule has 0 aliphatic carbocycles. The number of thioether (sulfide) groups is 1. The average molecular weight is 755 g/mol. The molecule has 0 saturated heterocycles. The lowest BCUT2D eigenvalue weighted by molar-refractivity contribution is -0.142. The number of carboxylic acid groups (broad SMARTS) is 1. The van der Waals surface area contributed by atoms with Crippen LogP contribution in [0.15, 0.2) is 35.4 Å². The summed E-state index contributed by atoms with van der Waals surface area (Å²) < 4.78 is 1.45. The molecule has 0 radical (unpaired) electrons. The molecule has 0 bridgehead atoms. The number of aromatic amines is 1. The number of hydrogen-bond acceptors (Lipinski definition) is 9. The van der Waals surface area contributed by atoms with Gasteiger partial charge in [0.2, 0.25) is 23.6 Å². The molecule has 3 heterocycles. The number of carboxylic acids is 1. The summed E-state index contributed by atoms with van der Waals surface area (Å²) in [5.41, 5.74) is 2.22. The van der Waals surface area contributed by atoms with E-state index in [1.54, 1.807) is 19.2 Å². The highest BCUT2D eigenvalue weighted by atomic mass is 32.2. The molecule has 1 aromatic carbocycles. The molecule has 288 valence electrons. The normalized spacial score (nSPS) is 22.9. The van der Waals surface area contributed by atoms with E-state index in [1.165, 1.54) is 18.5 Å². The van der Waals surface area contributed by atoms with Crippen molar-refractivity contribution in [2.75, 3.05) is 5.75 Å². The summed E-state index contributed by atoms with van der Waals surface area (Å²) in [6, 6.07) is 2.37. The minimum atomic E-state index is -1.53. The molecule has 53 heavy (non-hydrogen) atoms. The van der Waals surface area contributed by atoms with E-state index in [2.05, 4.69) is 36.7 Å². The zero-order valence-corrected chi connectivity index (χ0v) is 31.8. The number of hydrogen-bond donors (Lipinski definition) is 8. The molecule has 5 amide bonds. The molecule has 1 aliphatic rings. The average Bonchev–Trinajstić information content (AvgIpc) is 3.61. The van der Waals surface area contributed by atoms with E-state index >= 15 is 0 Å². The number of aliphatic hydroxyl groups is 1. The SMILES string of the molecule is CC(C)Cc1cc(C(=O)N[C@H]2Cc3c([nH]c4ccccc34)SC[C@@H](C(=O)O)NC(=O)[C@H]([C@@H](C)O)NC(=O)[C@@H](C)NC(=O)[C@H](CC(C)C)NC2=O)n(C)n1. The number of benzene rings is 1. The van der Waals surface area contributed by atoms with Gasteiger partial charge < -0.3 is 41.8 Å². The third-order valence-electron chi connectivity index (χ3n) is 8.75. The number of aryl methyl sites for hydroxylation is 1. The number of nitrogens with zero attached hydrogens (tertiary/aromatic N) is 2. The van der Waals surface area contributed by atoms with Gasteiger partial charge in [0.05, 0.1) is 16.8 Å². The molecule has 1 aliphatic heterocycles. The molecule has 4 rings (SSSR count). The van der Waals surface area contributed by atoms with E-state index in [4.69, 9.17) is 0 Å². The first-order valence-electron chi connectivity index (χ1n) is 17.6. The van der Waals surface area contributed by atoms with E-state index in [9.17, 15) is 39.0 Å². The zero-order valence-electron chi connectivity index (χ0n) is 31.0. The Morgan fingerprint density at radius 2 is 1.66 bits per heavy atom. The molecule has 0 unspecified atom stereocenters. The van der Waals surface area contributed by atoms with Crippen molar-refractivity contribution in [3.63, 3.8) is 0 Å². The highest BCUT2D eigenvalue weighted by Gasteiger charge is 2.35. The van der Waals surface area contributed by atoms with Crippen LogP contribution in [0.4, 0.5) is 0 Å². The van der Waals surface area contributed by atoms with Crippen LogP contribution in [-0.2, 0) is 43.9 Å². The standard InChI is InChI=1S/C36H50N8O8S/c1-17(2)12-21-14-28(44(7)43-21)33(49)39-26-15-23-22-10-8-9-11-24(22)41-35(23)53-16-27(36(51)52)40-34(50)29(20(6)45)42-30(46)19(5)37-31(47)25(13-18(3)4)38-32(26)48/h8-11,14,17-20,25-27,29,41,45H,12-13,15-16H2,1-7H3,(H,37,47)(H,38,48)(H,39,49)(H,40,50)(H,42,46)(H,51,52)/t19-,20-,25+,26+,27+,29+/m1/s1. The fraction of sp³-hybridized carbons (Fsp3) is 0.528. The van der Waals surface area contributed by atoms with Gasteiger partial charge >= 0.3 is 5.97 Å². The number of amides is 5. The van der Waals surface area contributed by atoms with E-state index in [-0.39, 0.29) is 36.1 Å². The van der Waals surface area contributed by atoms with E-state index < -0.39 is 71.8 Å². The Labute approximate surface area is 312 Å². The number of carbonyl (C=O) groups is 6. The van der Waals surface area contributed by atoms with Gasteiger partial charge in [0, 0.05) is 30.1 Å². The molecule has 0 spiro atoms. The molecular weight excluding hydrogens is 705 g/mol. The van der Waals surface area contributed by atoms with Crippen LogP contribution < -0.4 is 26.6 Å². The molecule has 6 atom stereocenters. The van der Waals surface area contributed by atoms with Crippen molar-refractivity contribution in [1.82, 2.24) is 41.3 Å². The van der Waals surface area contributed by atoms with Gasteiger partial charge in [-0.05, 0) is 56.2 Å². The molecule has 16 nitrogen and oxygen atoms in total. The van der Waals surface area contributed by atoms with Crippen molar-refractivity contribution < 1.29 is 39.0 Å². The van der Waals surface area contributed by atoms with E-state index in [0.29, 0.717) is 33.6 Å². The topological polar surface area (TPSA) is 237 Å². The Kier molecular flexibility index (Phi) is 13.7. The van der Waals surface area contributed by atoms with Gasteiger partial charge in [-0.25, -0.2) is 4.79 Å². The maximum absolute atomic E-state index is 14.3. The summed E-state index contributed by atoms with van der Waals surface area (Å²) >= 11 is 1.08. The van der Waals surface area contributed by atoms with Crippen LogP contribution in [0.1, 0.15) is 69.7 Å². The highest BCUT2D eigenvalue weighted by Crippen LogP contribution is 2.31. The van der Waals surface area contributed by atoms with Crippen LogP contribution in [0.25, 0.3) is 10.9 Å². The number of rotatable bonds is 8. The number of aliphatic hydroxyl groups excluding tert-OH is 1. The second kappa shape index (κ2) is 17.7. The fourth-order valence-electron chi connectivity index (χ4n) is 6.05. The van der Waals surface area contributed by atoms with Crippen molar-refractivity contribution in [2.24, 2.45) is 18.9 Å². The first-order chi connectivity index (χ1) is 24.9. The fourth-order valence-corrected chi connectivity index (χ4v) is 7.15. The van der Waals surface area contributed by atoms with Gasteiger partial charge in [0.25, 0.3) is 5.91 Å². The predicted molar refractivity (Wildman–Crippen MR) is 198 cm³/mol. The second-order valence-corrected chi connectivity index (χ2v) is 15.3. The van der Waals surface area contributed by atoms with Crippen molar-refractivity contribution in [3.05, 3.63) is 47.3 Å². The number of para-hydroxylation sites is 1. The molecule has 3 aromatic rings. The van der Waals surface area contributed by atoms with Gasteiger partial charge in [0.1, 0.15) is 35.9 Å². The van der Waals surface area contributed by atoms with Gasteiger partial charge in [-0.1, -0.05) is 45.9 Å². The smallest absolute Gasteiger partial charge is 0.327 e. The Morgan fingerprint density at radius 1 is 0.962 bits per heavy atom. The minimum Gasteiger partial charge on any atom is -0.480 e. The summed E-state index contributed by atoms with van der Waals surface area (Å²) in [5.74, 6) is -4.98. The number of aliphatic carboxylic acids is 1. The maximum atomic E-state index is 14.3. The number of fused-ring (bicyclic) bond motifs is 3. The predicted octanol–water partition coefficient (Wildman–Crippen LogP) is 1.02. The first-order valence-corrected chi connectivity index (χ1v) is 18.6. The lowest BCUT2D eigenvalue weighted by Gasteiger charge is -2.27. The summed E-state index contributed by atoms with van der Waals surface area (Å²) in [7, 11) is 1.64. The van der Waals surface area contributed by atoms with Crippen LogP contribution in [0.3, 0.4) is 0 Å². The Bertz CT molecular complexity index is 1840. The number of aromatic nitrogens is 3. The number of nitrogens with one attached hydrogen (secondary N) is 6. The summed E-state index contributed by atoms with van der Waals surface area (Å²) in [6.07, 6.45) is -0.649. The lowest BCUT2D eigenvalue weighted by atomic mass is 10.00. The minimum absolute atomic E-state index is 0.0658. The van der Waals surface area contributed by atoms with Crippen LogP contribution in [0, 0.1) is 11.8 Å². The maximum Gasteiger partial charge on any atom is 0.327 e. The van der Waals surface area contributed by atoms with Crippen LogP contribution >= 0.6 is 11.8 Å². The molecule has 2 aromatic heterocycles. The molecule has 8 N–H and O–H groups in total. The third kappa shape index (κ3) is 10.6. The Morgan fingerprint density at radius 3 is 2.30 bits per heavy atom. The molecule has 0 saturated carbocycles. The summed E-state index contributed by atoms with van der Waals surface area (Å²) in [4.78, 5) is 83.8. The third-order valence-corrected chi connectivity index (χ3v) is 9.89. The lowest BCUT2D eigenvalue weighted by Crippen LogP contribution is -2.60. The van der Waals surface area contributed by atoms with E-state index in [1.807, 2.05) is 45.9 Å². The second-order valence-electron chi connectivity index (χ2n) is 14.3. The van der Waals surface area contributed by atoms with Gasteiger partial charge in [-0.2, -0.15) is 5.10 Å². The van der Waals surface area contributed by atoms with Gasteiger partial charge in [0.15, 0.2) is 0 Å². The Balaban J connectivity index is 1.81. The van der Waals surface area contributed by atoms with Crippen molar-refractivity contribution in [3.8, 4) is 0 Å². The van der Waals surface area contributed by atoms with Crippen LogP contribution in [0.5, 0.6) is 0 Å². The van der Waals surface area contributed by atoms with Crippen molar-refractivity contribution in [2.45, 2.75) is 102 Å². The number of H-pyrrole nitrogens is 1. The molecular formula is C36H50N8O8S. The van der Waals surface area contributed by atoms with E-state index in [0.717, 1.165) is 11.8 Å². The van der Waals surface area contributed by atoms with Gasteiger partial charge in [-0.3, -0.25) is 28.7 Å². The number of carbonyl (C=O) groups excluding carboxylic acids is 5. The molecule has 17 heteroatoms. The van der Waals surface area contributed by atoms with Crippen LogP contribution in [-0.4, -0.2) is 103 Å². The largest absolute Gasteiger partial charge is 0.480 e. The highest BCUT2D eigenvalue weighted by molar-refractivity contribution is 7.99. The zero-order chi connectivity index (χ0) is 39.1. The van der Waals surface area contributed by atoms with Gasteiger partial charge in [-0.15, -0.1) is 11.8 Å². The summed E-state index contributed by atoms with van der Waals surface area (Å²) in [5, 5.41) is 39.1. The Hall–Kier alpha value is -4.90. The summed E-state index contributed by atoms with van der Waals surface area (Å²) in [6.45, 7) is 10.4. The van der Waals surface area contributed by atoms with Crippen LogP contribution in [0.2, 0.25) is 0 Å². The van der Waals surface area contributed by atoms with Crippen molar-refractivity contribution >= 4 is 58.2 Å². The van der Waals surface area contributed by atoms with Crippen molar-refractivity contribution in [1.29, 1.82) is 0 Å². The monoisotopic (exact) mass is 754 g/mol. The first kappa shape index (κ1) is 40.9. The quantitative estimate of drug-likeness (QED) is 0.163.